The van der Waals surface area contributed by atoms with Crippen molar-refractivity contribution in [2.45, 2.75) is 40.7 Å². The third-order valence-electron chi connectivity index (χ3n) is 4.09. The Morgan fingerprint density at radius 1 is 0.905 bits per heavy atom. The van der Waals surface area contributed by atoms with Gasteiger partial charge in [0.15, 0.2) is 0 Å². The minimum absolute atomic E-state index is 0.00333. The Labute approximate surface area is 127 Å². The maximum atomic E-state index is 12.4. The summed E-state index contributed by atoms with van der Waals surface area (Å²) < 4.78 is 0. The van der Waals surface area contributed by atoms with Gasteiger partial charge in [-0.15, -0.1) is 0 Å². The molecule has 21 heavy (non-hydrogen) atoms. The molecule has 2 rings (SSSR count). The van der Waals surface area contributed by atoms with Gasteiger partial charge in [-0.05, 0) is 68.5 Å². The Morgan fingerprint density at radius 2 is 1.52 bits per heavy atom. The van der Waals surface area contributed by atoms with Crippen LogP contribution in [0.1, 0.15) is 51.1 Å². The Balaban J connectivity index is 2.22. The number of benzene rings is 2. The fourth-order valence-electron chi connectivity index (χ4n) is 2.63. The van der Waals surface area contributed by atoms with Crippen LogP contribution in [0.4, 0.5) is 0 Å². The zero-order chi connectivity index (χ0) is 15.6. The van der Waals surface area contributed by atoms with Gasteiger partial charge in [-0.25, -0.2) is 0 Å². The van der Waals surface area contributed by atoms with E-state index in [-0.39, 0.29) is 11.9 Å². The lowest BCUT2D eigenvalue weighted by Gasteiger charge is -2.19. The molecule has 0 saturated carbocycles. The van der Waals surface area contributed by atoms with E-state index >= 15 is 0 Å². The normalized spacial score (nSPS) is 12.0. The van der Waals surface area contributed by atoms with Crippen LogP contribution in [0.15, 0.2) is 36.4 Å². The molecule has 2 nitrogen and oxygen atoms in total. The lowest BCUT2D eigenvalue weighted by Crippen LogP contribution is -2.27. The smallest absolute Gasteiger partial charge is 0.252 e. The maximum Gasteiger partial charge on any atom is 0.252 e. The van der Waals surface area contributed by atoms with Crippen LogP contribution < -0.4 is 5.32 Å². The quantitative estimate of drug-likeness (QED) is 0.887. The average molecular weight is 281 g/mol. The van der Waals surface area contributed by atoms with Crippen molar-refractivity contribution in [1.29, 1.82) is 0 Å². The van der Waals surface area contributed by atoms with E-state index in [0.29, 0.717) is 0 Å². The summed E-state index contributed by atoms with van der Waals surface area (Å²) in [4.78, 5) is 12.4. The number of carbonyl (C=O) groups excluding carboxylic acids is 1. The first-order valence-corrected chi connectivity index (χ1v) is 7.34. The molecule has 110 valence electrons. The Kier molecular flexibility index (Phi) is 4.46. The molecule has 1 amide bonds. The third kappa shape index (κ3) is 3.33. The summed E-state index contributed by atoms with van der Waals surface area (Å²) in [6, 6.07) is 12.0. The van der Waals surface area contributed by atoms with Crippen molar-refractivity contribution in [3.05, 3.63) is 69.8 Å². The van der Waals surface area contributed by atoms with Crippen LogP contribution in [0.2, 0.25) is 0 Å². The van der Waals surface area contributed by atoms with Gasteiger partial charge in [0.25, 0.3) is 5.91 Å². The van der Waals surface area contributed by atoms with Crippen LogP contribution >= 0.6 is 0 Å². The van der Waals surface area contributed by atoms with E-state index in [9.17, 15) is 4.79 Å². The molecule has 2 heteroatoms. The number of rotatable bonds is 3. The van der Waals surface area contributed by atoms with Crippen LogP contribution in [-0.2, 0) is 0 Å². The first-order chi connectivity index (χ1) is 9.90. The maximum absolute atomic E-state index is 12.4. The SMILES string of the molecule is Cc1cc(C)c([C@H](C)NC(=O)c2ccccc2C)cc1C. The summed E-state index contributed by atoms with van der Waals surface area (Å²) in [6.45, 7) is 10.3. The second-order valence-electron chi connectivity index (χ2n) is 5.80. The highest BCUT2D eigenvalue weighted by atomic mass is 16.1. The Morgan fingerprint density at radius 3 is 2.19 bits per heavy atom. The van der Waals surface area contributed by atoms with Crippen molar-refractivity contribution in [1.82, 2.24) is 5.32 Å². The molecule has 0 unspecified atom stereocenters. The van der Waals surface area contributed by atoms with Gasteiger partial charge in [0.1, 0.15) is 0 Å². The van der Waals surface area contributed by atoms with Gasteiger partial charge in [-0.3, -0.25) is 4.79 Å². The van der Waals surface area contributed by atoms with Crippen LogP contribution in [0.3, 0.4) is 0 Å². The molecule has 0 spiro atoms. The van der Waals surface area contributed by atoms with Crippen molar-refractivity contribution >= 4 is 5.91 Å². The summed E-state index contributed by atoms with van der Waals surface area (Å²) >= 11 is 0. The van der Waals surface area contributed by atoms with Crippen molar-refractivity contribution < 1.29 is 4.79 Å². The second kappa shape index (κ2) is 6.13. The van der Waals surface area contributed by atoms with Gasteiger partial charge in [0, 0.05) is 5.56 Å². The van der Waals surface area contributed by atoms with Crippen molar-refractivity contribution in [2.75, 3.05) is 0 Å². The fourth-order valence-corrected chi connectivity index (χ4v) is 2.63. The molecule has 0 saturated heterocycles. The van der Waals surface area contributed by atoms with Crippen molar-refractivity contribution in [3.63, 3.8) is 0 Å². The minimum atomic E-state index is -0.0155. The standard InChI is InChI=1S/C19H23NO/c1-12-8-6-7-9-17(12)19(21)20-16(5)18-11-14(3)13(2)10-15(18)4/h6-11,16H,1-5H3,(H,20,21)/t16-/m0/s1. The van der Waals surface area contributed by atoms with Crippen molar-refractivity contribution in [3.8, 4) is 0 Å². The number of carbonyl (C=O) groups is 1. The number of amides is 1. The molecule has 0 bridgehead atoms. The Bertz CT molecular complexity index is 673. The van der Waals surface area contributed by atoms with Crippen LogP contribution in [0.5, 0.6) is 0 Å². The molecular weight excluding hydrogens is 258 g/mol. The predicted molar refractivity (Wildman–Crippen MR) is 87.7 cm³/mol. The summed E-state index contributed by atoms with van der Waals surface area (Å²) in [5.41, 5.74) is 6.68. The van der Waals surface area contributed by atoms with Crippen LogP contribution in [0.25, 0.3) is 0 Å². The van der Waals surface area contributed by atoms with Gasteiger partial charge in [0.05, 0.1) is 6.04 Å². The van der Waals surface area contributed by atoms with E-state index in [4.69, 9.17) is 0 Å². The summed E-state index contributed by atoms with van der Waals surface area (Å²) in [7, 11) is 0. The van der Waals surface area contributed by atoms with Crippen molar-refractivity contribution in [2.24, 2.45) is 0 Å². The lowest BCUT2D eigenvalue weighted by atomic mass is 9.96. The highest BCUT2D eigenvalue weighted by molar-refractivity contribution is 5.95. The van der Waals surface area contributed by atoms with E-state index < -0.39 is 0 Å². The molecule has 0 fully saturated rings. The number of aryl methyl sites for hydroxylation is 4. The number of hydrogen-bond donors (Lipinski definition) is 1. The molecule has 0 aliphatic rings. The zero-order valence-electron chi connectivity index (χ0n) is 13.4. The van der Waals surface area contributed by atoms with Gasteiger partial charge >= 0.3 is 0 Å². The van der Waals surface area contributed by atoms with Gasteiger partial charge in [-0.2, -0.15) is 0 Å². The first-order valence-electron chi connectivity index (χ1n) is 7.34. The summed E-state index contributed by atoms with van der Waals surface area (Å²) in [6.07, 6.45) is 0. The van der Waals surface area contributed by atoms with Crippen LogP contribution in [-0.4, -0.2) is 5.91 Å². The first kappa shape index (κ1) is 15.3. The fraction of sp³-hybridized carbons (Fsp3) is 0.316. The number of hydrogen-bond acceptors (Lipinski definition) is 1. The highest BCUT2D eigenvalue weighted by Gasteiger charge is 2.15. The minimum Gasteiger partial charge on any atom is -0.345 e. The largest absolute Gasteiger partial charge is 0.345 e. The summed E-state index contributed by atoms with van der Waals surface area (Å²) in [5, 5.41) is 3.10. The van der Waals surface area contributed by atoms with E-state index in [2.05, 4.69) is 38.2 Å². The molecule has 2 aromatic rings. The van der Waals surface area contributed by atoms with Gasteiger partial charge in [0.2, 0.25) is 0 Å². The Hall–Kier alpha value is -2.09. The molecule has 0 aromatic heterocycles. The average Bonchev–Trinajstić information content (AvgIpc) is 2.43. The molecule has 2 aromatic carbocycles. The van der Waals surface area contributed by atoms with E-state index in [1.54, 1.807) is 0 Å². The molecule has 1 atom stereocenters. The van der Waals surface area contributed by atoms with E-state index in [1.165, 1.54) is 22.3 Å². The van der Waals surface area contributed by atoms with Gasteiger partial charge < -0.3 is 5.32 Å². The second-order valence-corrected chi connectivity index (χ2v) is 5.80. The predicted octanol–water partition coefficient (Wildman–Crippen LogP) is 4.41. The van der Waals surface area contributed by atoms with Gasteiger partial charge in [-0.1, -0.05) is 30.3 Å². The van der Waals surface area contributed by atoms with E-state index in [1.807, 2.05) is 38.1 Å². The summed E-state index contributed by atoms with van der Waals surface area (Å²) in [5.74, 6) is -0.0155. The molecule has 0 heterocycles. The molecule has 0 radical (unpaired) electrons. The van der Waals surface area contributed by atoms with Crippen LogP contribution in [0, 0.1) is 27.7 Å². The lowest BCUT2D eigenvalue weighted by molar-refractivity contribution is 0.0939. The number of nitrogens with one attached hydrogen (secondary N) is 1. The molecule has 0 aliphatic carbocycles. The monoisotopic (exact) mass is 281 g/mol. The highest BCUT2D eigenvalue weighted by Crippen LogP contribution is 2.22. The topological polar surface area (TPSA) is 29.1 Å². The molecule has 1 N–H and O–H groups in total. The van der Waals surface area contributed by atoms with E-state index in [0.717, 1.165) is 11.1 Å². The molecule has 0 aliphatic heterocycles. The molecular formula is C19H23NO. The zero-order valence-corrected chi connectivity index (χ0v) is 13.4. The third-order valence-corrected chi connectivity index (χ3v) is 4.09.